The van der Waals surface area contributed by atoms with Crippen molar-refractivity contribution in [3.8, 4) is 0 Å². The van der Waals surface area contributed by atoms with Gasteiger partial charge in [-0.1, -0.05) is 27.2 Å². The molecule has 0 unspecified atom stereocenters. The van der Waals surface area contributed by atoms with Gasteiger partial charge in [0.15, 0.2) is 0 Å². The van der Waals surface area contributed by atoms with Gasteiger partial charge >= 0.3 is 0 Å². The maximum absolute atomic E-state index is 11.8. The minimum atomic E-state index is 0.185. The minimum Gasteiger partial charge on any atom is -0.352 e. The summed E-state index contributed by atoms with van der Waals surface area (Å²) in [6.45, 7) is 7.56. The van der Waals surface area contributed by atoms with Crippen molar-refractivity contribution in [2.75, 3.05) is 6.54 Å². The lowest BCUT2D eigenvalue weighted by atomic mass is 9.69. The average Bonchev–Trinajstić information content (AvgIpc) is 3.21. The molecule has 3 heteroatoms. The molecule has 19 heavy (non-hydrogen) atoms. The van der Waals surface area contributed by atoms with Gasteiger partial charge in [0.2, 0.25) is 5.91 Å². The smallest absolute Gasteiger partial charge is 0.234 e. The van der Waals surface area contributed by atoms with Gasteiger partial charge in [-0.15, -0.1) is 0 Å². The second-order valence-corrected chi connectivity index (χ2v) is 7.11. The Morgan fingerprint density at radius 1 is 1.05 bits per heavy atom. The standard InChI is InChI=1S/C16H30N2O/c1-4-16(2,3)12-5-7-14(8-6-12)18-15(19)11-17-13-9-10-13/h12-14,17H,4-11H2,1-3H3,(H,18,19). The molecule has 1 amide bonds. The first-order valence-electron chi connectivity index (χ1n) is 8.04. The molecule has 2 rings (SSSR count). The maximum atomic E-state index is 11.8. The summed E-state index contributed by atoms with van der Waals surface area (Å²) >= 11 is 0. The van der Waals surface area contributed by atoms with Crippen LogP contribution in [0, 0.1) is 11.3 Å². The van der Waals surface area contributed by atoms with Gasteiger partial charge in [-0.25, -0.2) is 0 Å². The van der Waals surface area contributed by atoms with E-state index < -0.39 is 0 Å². The van der Waals surface area contributed by atoms with E-state index in [4.69, 9.17) is 0 Å². The molecule has 0 aromatic rings. The van der Waals surface area contributed by atoms with Crippen molar-refractivity contribution >= 4 is 5.91 Å². The number of hydrogen-bond acceptors (Lipinski definition) is 2. The number of amides is 1. The summed E-state index contributed by atoms with van der Waals surface area (Å²) in [4.78, 5) is 11.8. The predicted molar refractivity (Wildman–Crippen MR) is 79.0 cm³/mol. The van der Waals surface area contributed by atoms with Gasteiger partial charge in [-0.2, -0.15) is 0 Å². The molecule has 110 valence electrons. The first-order chi connectivity index (χ1) is 9.01. The number of rotatable bonds is 6. The normalized spacial score (nSPS) is 28.2. The quantitative estimate of drug-likeness (QED) is 0.776. The molecule has 0 heterocycles. The van der Waals surface area contributed by atoms with Crippen LogP contribution in [0.2, 0.25) is 0 Å². The number of hydrogen-bond donors (Lipinski definition) is 2. The van der Waals surface area contributed by atoms with Crippen LogP contribution in [0.15, 0.2) is 0 Å². The summed E-state index contributed by atoms with van der Waals surface area (Å²) < 4.78 is 0. The molecule has 0 saturated heterocycles. The summed E-state index contributed by atoms with van der Waals surface area (Å²) in [5.41, 5.74) is 0.461. The van der Waals surface area contributed by atoms with Crippen LogP contribution >= 0.6 is 0 Å². The summed E-state index contributed by atoms with van der Waals surface area (Å²) in [5.74, 6) is 1.01. The fourth-order valence-electron chi connectivity index (χ4n) is 3.11. The lowest BCUT2D eigenvalue weighted by Crippen LogP contribution is -2.43. The Morgan fingerprint density at radius 3 is 2.16 bits per heavy atom. The molecule has 3 nitrogen and oxygen atoms in total. The Bertz CT molecular complexity index is 302. The number of carbonyl (C=O) groups is 1. The van der Waals surface area contributed by atoms with Gasteiger partial charge in [0.05, 0.1) is 6.54 Å². The molecule has 0 radical (unpaired) electrons. The molecular weight excluding hydrogens is 236 g/mol. The average molecular weight is 266 g/mol. The minimum absolute atomic E-state index is 0.185. The summed E-state index contributed by atoms with van der Waals surface area (Å²) in [7, 11) is 0. The van der Waals surface area contributed by atoms with E-state index in [0.29, 0.717) is 24.0 Å². The molecule has 2 saturated carbocycles. The van der Waals surface area contributed by atoms with Crippen LogP contribution < -0.4 is 10.6 Å². The Hall–Kier alpha value is -0.570. The third kappa shape index (κ3) is 4.48. The zero-order valence-corrected chi connectivity index (χ0v) is 12.8. The highest BCUT2D eigenvalue weighted by molar-refractivity contribution is 5.78. The second kappa shape index (κ2) is 6.25. The van der Waals surface area contributed by atoms with Crippen molar-refractivity contribution in [2.45, 2.75) is 77.8 Å². The van der Waals surface area contributed by atoms with E-state index in [1.807, 2.05) is 0 Å². The molecule has 0 aromatic carbocycles. The Balaban J connectivity index is 1.66. The Morgan fingerprint density at radius 2 is 1.63 bits per heavy atom. The monoisotopic (exact) mass is 266 g/mol. The molecular formula is C16H30N2O. The molecule has 0 atom stereocenters. The van der Waals surface area contributed by atoms with Gasteiger partial charge in [0, 0.05) is 12.1 Å². The lowest BCUT2D eigenvalue weighted by Gasteiger charge is -2.39. The molecule has 0 aliphatic heterocycles. The van der Waals surface area contributed by atoms with E-state index in [2.05, 4.69) is 31.4 Å². The fraction of sp³-hybridized carbons (Fsp3) is 0.938. The molecule has 0 spiro atoms. The number of nitrogens with one attached hydrogen (secondary N) is 2. The zero-order chi connectivity index (χ0) is 13.9. The zero-order valence-electron chi connectivity index (χ0n) is 12.8. The van der Waals surface area contributed by atoms with E-state index in [9.17, 15) is 4.79 Å². The fourth-order valence-corrected chi connectivity index (χ4v) is 3.11. The van der Waals surface area contributed by atoms with Crippen LogP contribution in [0.4, 0.5) is 0 Å². The molecule has 0 bridgehead atoms. The van der Waals surface area contributed by atoms with E-state index in [1.54, 1.807) is 0 Å². The van der Waals surface area contributed by atoms with Gasteiger partial charge < -0.3 is 10.6 Å². The van der Waals surface area contributed by atoms with Crippen LogP contribution in [0.3, 0.4) is 0 Å². The van der Waals surface area contributed by atoms with Crippen molar-refractivity contribution in [2.24, 2.45) is 11.3 Å². The Labute approximate surface area is 117 Å². The van der Waals surface area contributed by atoms with Gasteiger partial charge in [-0.3, -0.25) is 4.79 Å². The topological polar surface area (TPSA) is 41.1 Å². The van der Waals surface area contributed by atoms with Crippen LogP contribution in [-0.2, 0) is 4.79 Å². The summed E-state index contributed by atoms with van der Waals surface area (Å²) in [6, 6.07) is 1.03. The first kappa shape index (κ1) is 14.8. The van der Waals surface area contributed by atoms with E-state index >= 15 is 0 Å². The van der Waals surface area contributed by atoms with E-state index in [-0.39, 0.29) is 5.91 Å². The largest absolute Gasteiger partial charge is 0.352 e. The van der Waals surface area contributed by atoms with E-state index in [0.717, 1.165) is 18.8 Å². The summed E-state index contributed by atoms with van der Waals surface area (Å²) in [5, 5.41) is 6.47. The third-order valence-electron chi connectivity index (χ3n) is 5.24. The highest BCUT2D eigenvalue weighted by atomic mass is 16.2. The van der Waals surface area contributed by atoms with Crippen molar-refractivity contribution in [1.29, 1.82) is 0 Å². The van der Waals surface area contributed by atoms with E-state index in [1.165, 1.54) is 32.1 Å². The highest BCUT2D eigenvalue weighted by Crippen LogP contribution is 2.40. The SMILES string of the molecule is CCC(C)(C)C1CCC(NC(=O)CNC2CC2)CC1. The molecule has 2 aliphatic carbocycles. The maximum Gasteiger partial charge on any atom is 0.234 e. The molecule has 2 N–H and O–H groups in total. The van der Waals surface area contributed by atoms with Crippen molar-refractivity contribution in [3.63, 3.8) is 0 Å². The summed E-state index contributed by atoms with van der Waals surface area (Å²) in [6.07, 6.45) is 8.57. The van der Waals surface area contributed by atoms with Crippen LogP contribution in [0.1, 0.15) is 65.7 Å². The molecule has 2 fully saturated rings. The van der Waals surface area contributed by atoms with Crippen molar-refractivity contribution in [1.82, 2.24) is 10.6 Å². The Kier molecular flexibility index (Phi) is 4.88. The van der Waals surface area contributed by atoms with Crippen molar-refractivity contribution < 1.29 is 4.79 Å². The van der Waals surface area contributed by atoms with Gasteiger partial charge in [-0.05, 0) is 49.9 Å². The second-order valence-electron chi connectivity index (χ2n) is 7.11. The van der Waals surface area contributed by atoms with Gasteiger partial charge in [0.1, 0.15) is 0 Å². The van der Waals surface area contributed by atoms with Crippen LogP contribution in [-0.4, -0.2) is 24.5 Å². The number of carbonyl (C=O) groups excluding carboxylic acids is 1. The lowest BCUT2D eigenvalue weighted by molar-refractivity contribution is -0.121. The third-order valence-corrected chi connectivity index (χ3v) is 5.24. The predicted octanol–water partition coefficient (Wildman–Crippen LogP) is 2.85. The van der Waals surface area contributed by atoms with Gasteiger partial charge in [0.25, 0.3) is 0 Å². The van der Waals surface area contributed by atoms with Crippen molar-refractivity contribution in [3.05, 3.63) is 0 Å². The van der Waals surface area contributed by atoms with Crippen LogP contribution in [0.5, 0.6) is 0 Å². The van der Waals surface area contributed by atoms with Crippen LogP contribution in [0.25, 0.3) is 0 Å². The first-order valence-corrected chi connectivity index (χ1v) is 8.04. The molecule has 2 aliphatic rings. The molecule has 0 aromatic heterocycles. The highest BCUT2D eigenvalue weighted by Gasteiger charge is 2.32.